The zero-order valence-electron chi connectivity index (χ0n) is 15.8. The molecule has 1 atom stereocenters. The fraction of sp³-hybridized carbons (Fsp3) is 0.500. The third-order valence-electron chi connectivity index (χ3n) is 5.20. The lowest BCUT2D eigenvalue weighted by molar-refractivity contribution is 0.122. The minimum absolute atomic E-state index is 0.354. The van der Waals surface area contributed by atoms with E-state index in [1.54, 1.807) is 0 Å². The normalized spacial score (nSPS) is 20.9. The summed E-state index contributed by atoms with van der Waals surface area (Å²) in [4.78, 5) is 13.7. The Morgan fingerprint density at radius 3 is 2.82 bits per heavy atom. The van der Waals surface area contributed by atoms with Crippen molar-refractivity contribution in [1.29, 1.82) is 0 Å². The largest absolute Gasteiger partial charge is 0.378 e. The van der Waals surface area contributed by atoms with Crippen molar-refractivity contribution in [2.75, 3.05) is 49.6 Å². The zero-order chi connectivity index (χ0) is 19.3. The minimum Gasteiger partial charge on any atom is -0.378 e. The van der Waals surface area contributed by atoms with E-state index in [4.69, 9.17) is 32.9 Å². The second-order valence-corrected chi connectivity index (χ2v) is 8.14. The molecule has 3 heterocycles. The molecule has 1 aromatic heterocycles. The number of anilines is 2. The van der Waals surface area contributed by atoms with Crippen LogP contribution in [0.15, 0.2) is 30.5 Å². The minimum atomic E-state index is 0.354. The highest BCUT2D eigenvalue weighted by Crippen LogP contribution is 2.24. The van der Waals surface area contributed by atoms with Crippen molar-refractivity contribution in [2.24, 2.45) is 0 Å². The first-order chi connectivity index (χ1) is 13.7. The topological polar surface area (TPSA) is 53.5 Å². The van der Waals surface area contributed by atoms with Crippen LogP contribution in [0.4, 0.5) is 11.8 Å². The molecule has 1 aromatic carbocycles. The summed E-state index contributed by atoms with van der Waals surface area (Å²) < 4.78 is 5.41. The van der Waals surface area contributed by atoms with Gasteiger partial charge in [-0.2, -0.15) is 4.98 Å². The Labute approximate surface area is 175 Å². The standard InChI is InChI=1S/C20H25Cl2N5O/c21-16-4-3-15(18(22)12-16)13-26-7-1-2-17(14-26)24-19-5-6-23-20(25-19)27-8-10-28-11-9-27/h3-6,12,17H,1-2,7-11,13-14H2,(H,23,24,25). The molecule has 8 heteroatoms. The number of morpholine rings is 1. The van der Waals surface area contributed by atoms with Crippen molar-refractivity contribution in [2.45, 2.75) is 25.4 Å². The molecule has 2 aliphatic rings. The number of piperidine rings is 1. The molecule has 2 fully saturated rings. The van der Waals surface area contributed by atoms with E-state index < -0.39 is 0 Å². The maximum absolute atomic E-state index is 6.35. The first-order valence-corrected chi connectivity index (χ1v) is 10.5. The van der Waals surface area contributed by atoms with Crippen molar-refractivity contribution in [1.82, 2.24) is 14.9 Å². The predicted octanol–water partition coefficient (Wildman–Crippen LogP) is 3.70. The summed E-state index contributed by atoms with van der Waals surface area (Å²) in [5, 5.41) is 5.00. The zero-order valence-corrected chi connectivity index (χ0v) is 17.3. The molecule has 0 aliphatic carbocycles. The maximum atomic E-state index is 6.35. The van der Waals surface area contributed by atoms with Gasteiger partial charge in [0.1, 0.15) is 5.82 Å². The highest BCUT2D eigenvalue weighted by Gasteiger charge is 2.21. The Hall–Kier alpha value is -1.60. The van der Waals surface area contributed by atoms with Gasteiger partial charge >= 0.3 is 0 Å². The smallest absolute Gasteiger partial charge is 0.227 e. The summed E-state index contributed by atoms with van der Waals surface area (Å²) in [5.74, 6) is 1.65. The van der Waals surface area contributed by atoms with E-state index in [0.717, 1.165) is 81.1 Å². The van der Waals surface area contributed by atoms with Gasteiger partial charge in [-0.15, -0.1) is 0 Å². The lowest BCUT2D eigenvalue weighted by Crippen LogP contribution is -2.42. The van der Waals surface area contributed by atoms with Crippen LogP contribution < -0.4 is 10.2 Å². The summed E-state index contributed by atoms with van der Waals surface area (Å²) in [5.41, 5.74) is 1.11. The number of hydrogen-bond donors (Lipinski definition) is 1. The Morgan fingerprint density at radius 2 is 2.00 bits per heavy atom. The van der Waals surface area contributed by atoms with E-state index in [-0.39, 0.29) is 0 Å². The van der Waals surface area contributed by atoms with E-state index in [2.05, 4.69) is 20.1 Å². The van der Waals surface area contributed by atoms with Gasteiger partial charge in [-0.05, 0) is 43.1 Å². The van der Waals surface area contributed by atoms with E-state index in [0.29, 0.717) is 11.1 Å². The van der Waals surface area contributed by atoms with Crippen LogP contribution in [0.2, 0.25) is 10.0 Å². The van der Waals surface area contributed by atoms with E-state index in [1.807, 2.05) is 30.5 Å². The summed E-state index contributed by atoms with van der Waals surface area (Å²) in [7, 11) is 0. The first kappa shape index (κ1) is 19.7. The van der Waals surface area contributed by atoms with Crippen LogP contribution in [0.5, 0.6) is 0 Å². The molecule has 150 valence electrons. The number of nitrogens with zero attached hydrogens (tertiary/aromatic N) is 4. The van der Waals surface area contributed by atoms with Crippen molar-refractivity contribution < 1.29 is 4.74 Å². The molecule has 0 radical (unpaired) electrons. The van der Waals surface area contributed by atoms with Gasteiger partial charge in [-0.1, -0.05) is 29.3 Å². The number of ether oxygens (including phenoxy) is 1. The molecule has 28 heavy (non-hydrogen) atoms. The molecule has 2 saturated heterocycles. The molecular weight excluding hydrogens is 397 g/mol. The van der Waals surface area contributed by atoms with Crippen molar-refractivity contribution >= 4 is 35.0 Å². The Morgan fingerprint density at radius 1 is 1.14 bits per heavy atom. The Kier molecular flexibility index (Phi) is 6.52. The van der Waals surface area contributed by atoms with Crippen LogP contribution in [-0.2, 0) is 11.3 Å². The Bertz CT molecular complexity index is 800. The molecule has 0 amide bonds. The molecule has 1 unspecified atom stereocenters. The van der Waals surface area contributed by atoms with Crippen LogP contribution in [0, 0.1) is 0 Å². The fourth-order valence-electron chi connectivity index (χ4n) is 3.76. The van der Waals surface area contributed by atoms with Gasteiger partial charge in [0, 0.05) is 48.5 Å². The number of nitrogens with one attached hydrogen (secondary N) is 1. The molecule has 0 bridgehead atoms. The third kappa shape index (κ3) is 5.06. The molecule has 0 spiro atoms. The number of likely N-dealkylation sites (tertiary alicyclic amines) is 1. The number of aromatic nitrogens is 2. The van der Waals surface area contributed by atoms with Crippen LogP contribution in [0.25, 0.3) is 0 Å². The average molecular weight is 422 g/mol. The summed E-state index contributed by atoms with van der Waals surface area (Å²) in [6, 6.07) is 8.02. The van der Waals surface area contributed by atoms with Gasteiger partial charge in [-0.25, -0.2) is 4.98 Å². The molecule has 2 aromatic rings. The lowest BCUT2D eigenvalue weighted by atomic mass is 10.0. The van der Waals surface area contributed by atoms with Gasteiger partial charge in [0.15, 0.2) is 0 Å². The first-order valence-electron chi connectivity index (χ1n) is 9.76. The highest BCUT2D eigenvalue weighted by molar-refractivity contribution is 6.35. The Balaban J connectivity index is 1.37. The molecule has 1 N–H and O–H groups in total. The van der Waals surface area contributed by atoms with Crippen molar-refractivity contribution in [3.05, 3.63) is 46.1 Å². The average Bonchev–Trinajstić information content (AvgIpc) is 2.71. The molecule has 6 nitrogen and oxygen atoms in total. The van der Waals surface area contributed by atoms with E-state index in [9.17, 15) is 0 Å². The van der Waals surface area contributed by atoms with Gasteiger partial charge in [0.2, 0.25) is 5.95 Å². The highest BCUT2D eigenvalue weighted by atomic mass is 35.5. The number of halogens is 2. The molecular formula is C20H25Cl2N5O. The third-order valence-corrected chi connectivity index (χ3v) is 5.79. The van der Waals surface area contributed by atoms with E-state index in [1.165, 1.54) is 0 Å². The summed E-state index contributed by atoms with van der Waals surface area (Å²) >= 11 is 12.4. The summed E-state index contributed by atoms with van der Waals surface area (Å²) in [6.07, 6.45) is 4.10. The van der Waals surface area contributed by atoms with Crippen LogP contribution in [0.1, 0.15) is 18.4 Å². The van der Waals surface area contributed by atoms with Gasteiger partial charge in [0.05, 0.1) is 13.2 Å². The van der Waals surface area contributed by atoms with Crippen LogP contribution >= 0.6 is 23.2 Å². The number of benzene rings is 1. The fourth-order valence-corrected chi connectivity index (χ4v) is 4.23. The van der Waals surface area contributed by atoms with Crippen LogP contribution in [-0.4, -0.2) is 60.3 Å². The van der Waals surface area contributed by atoms with E-state index >= 15 is 0 Å². The van der Waals surface area contributed by atoms with Crippen molar-refractivity contribution in [3.63, 3.8) is 0 Å². The quantitative estimate of drug-likeness (QED) is 0.793. The van der Waals surface area contributed by atoms with Gasteiger partial charge in [0.25, 0.3) is 0 Å². The predicted molar refractivity (Wildman–Crippen MR) is 113 cm³/mol. The number of hydrogen-bond acceptors (Lipinski definition) is 6. The van der Waals surface area contributed by atoms with Crippen molar-refractivity contribution in [3.8, 4) is 0 Å². The van der Waals surface area contributed by atoms with Gasteiger partial charge < -0.3 is 15.0 Å². The second-order valence-electron chi connectivity index (χ2n) is 7.30. The molecule has 0 saturated carbocycles. The van der Waals surface area contributed by atoms with Gasteiger partial charge in [-0.3, -0.25) is 4.90 Å². The van der Waals surface area contributed by atoms with Crippen LogP contribution in [0.3, 0.4) is 0 Å². The monoisotopic (exact) mass is 421 g/mol. The number of rotatable bonds is 5. The lowest BCUT2D eigenvalue weighted by Gasteiger charge is -2.34. The molecule has 4 rings (SSSR count). The summed E-state index contributed by atoms with van der Waals surface area (Å²) in [6.45, 7) is 5.98. The SMILES string of the molecule is Clc1ccc(CN2CCCC(Nc3ccnc(N4CCOCC4)n3)C2)c(Cl)c1. The maximum Gasteiger partial charge on any atom is 0.227 e. The second kappa shape index (κ2) is 9.27. The molecule has 2 aliphatic heterocycles.